The van der Waals surface area contributed by atoms with Crippen LogP contribution in [0.1, 0.15) is 49.4 Å². The van der Waals surface area contributed by atoms with Gasteiger partial charge in [0, 0.05) is 18.5 Å². The Labute approximate surface area is 152 Å². The van der Waals surface area contributed by atoms with E-state index in [1.165, 1.54) is 24.0 Å². The van der Waals surface area contributed by atoms with Crippen molar-refractivity contribution in [2.24, 2.45) is 5.92 Å². The summed E-state index contributed by atoms with van der Waals surface area (Å²) in [6.07, 6.45) is 3.38. The van der Waals surface area contributed by atoms with E-state index < -0.39 is 0 Å². The van der Waals surface area contributed by atoms with Crippen molar-refractivity contribution in [3.8, 4) is 0 Å². The quantitative estimate of drug-likeness (QED) is 0.779. The summed E-state index contributed by atoms with van der Waals surface area (Å²) in [5.41, 5.74) is 2.85. The molecule has 1 aromatic carbocycles. The van der Waals surface area contributed by atoms with Crippen molar-refractivity contribution in [2.45, 2.75) is 32.7 Å². The van der Waals surface area contributed by atoms with Crippen molar-refractivity contribution in [1.82, 2.24) is 4.90 Å². The molecule has 0 fully saturated rings. The molecule has 25 heavy (non-hydrogen) atoms. The van der Waals surface area contributed by atoms with Gasteiger partial charge < -0.3 is 9.64 Å². The highest BCUT2D eigenvalue weighted by Crippen LogP contribution is 2.32. The van der Waals surface area contributed by atoms with Crippen LogP contribution in [-0.4, -0.2) is 30.9 Å². The van der Waals surface area contributed by atoms with Crippen LogP contribution in [0.3, 0.4) is 0 Å². The van der Waals surface area contributed by atoms with Gasteiger partial charge in [0.2, 0.25) is 0 Å². The maximum atomic E-state index is 12.7. The SMILES string of the molecule is COC(=O)c1ccc(CN(C)C(=O)c2cc3c(s2)CCC(C)C3)cc1. The lowest BCUT2D eigenvalue weighted by molar-refractivity contribution is 0.0600. The summed E-state index contributed by atoms with van der Waals surface area (Å²) >= 11 is 1.64. The predicted molar refractivity (Wildman–Crippen MR) is 99.1 cm³/mol. The van der Waals surface area contributed by atoms with Crippen LogP contribution in [0.25, 0.3) is 0 Å². The fourth-order valence-electron chi connectivity index (χ4n) is 3.21. The maximum Gasteiger partial charge on any atom is 0.337 e. The van der Waals surface area contributed by atoms with Crippen LogP contribution in [0.15, 0.2) is 30.3 Å². The molecule has 3 rings (SSSR count). The third-order valence-electron chi connectivity index (χ3n) is 4.68. The third-order valence-corrected chi connectivity index (χ3v) is 5.91. The summed E-state index contributed by atoms with van der Waals surface area (Å²) in [7, 11) is 3.18. The van der Waals surface area contributed by atoms with Crippen molar-refractivity contribution in [3.63, 3.8) is 0 Å². The highest BCUT2D eigenvalue weighted by atomic mass is 32.1. The van der Waals surface area contributed by atoms with Crippen LogP contribution >= 0.6 is 11.3 Å². The molecule has 1 aromatic heterocycles. The summed E-state index contributed by atoms with van der Waals surface area (Å²) in [6.45, 7) is 2.78. The second-order valence-electron chi connectivity index (χ2n) is 6.76. The molecule has 1 heterocycles. The van der Waals surface area contributed by atoms with Crippen LogP contribution in [0, 0.1) is 5.92 Å². The van der Waals surface area contributed by atoms with Gasteiger partial charge in [-0.15, -0.1) is 11.3 Å². The van der Waals surface area contributed by atoms with Crippen LogP contribution in [-0.2, 0) is 24.1 Å². The number of rotatable bonds is 4. The summed E-state index contributed by atoms with van der Waals surface area (Å²) in [5, 5.41) is 0. The number of benzene rings is 1. The van der Waals surface area contributed by atoms with Gasteiger partial charge in [-0.2, -0.15) is 0 Å². The van der Waals surface area contributed by atoms with E-state index >= 15 is 0 Å². The number of carbonyl (C=O) groups is 2. The number of thiophene rings is 1. The molecule has 5 heteroatoms. The molecular formula is C20H23NO3S. The highest BCUT2D eigenvalue weighted by Gasteiger charge is 2.22. The molecule has 1 unspecified atom stereocenters. The van der Waals surface area contributed by atoms with Gasteiger partial charge in [-0.3, -0.25) is 4.79 Å². The summed E-state index contributed by atoms with van der Waals surface area (Å²) in [4.78, 5) is 28.1. The fraction of sp³-hybridized carbons (Fsp3) is 0.400. The number of nitrogens with zero attached hydrogens (tertiary/aromatic N) is 1. The molecule has 0 saturated carbocycles. The van der Waals surface area contributed by atoms with E-state index in [1.807, 2.05) is 19.2 Å². The van der Waals surface area contributed by atoms with Gasteiger partial charge in [0.1, 0.15) is 0 Å². The largest absolute Gasteiger partial charge is 0.465 e. The standard InChI is InChI=1S/C20H23NO3S/c1-13-4-9-17-16(10-13)11-18(25-17)19(22)21(2)12-14-5-7-15(8-6-14)20(23)24-3/h5-8,11,13H,4,9-10,12H2,1-3H3. The normalized spacial score (nSPS) is 16.2. The van der Waals surface area contributed by atoms with Crippen molar-refractivity contribution < 1.29 is 14.3 Å². The number of hydrogen-bond donors (Lipinski definition) is 0. The first kappa shape index (κ1) is 17.7. The number of fused-ring (bicyclic) bond motifs is 1. The molecule has 0 aliphatic heterocycles. The molecule has 1 aliphatic rings. The number of hydrogen-bond acceptors (Lipinski definition) is 4. The average molecular weight is 357 g/mol. The number of ether oxygens (including phenoxy) is 1. The Balaban J connectivity index is 1.67. The van der Waals surface area contributed by atoms with Gasteiger partial charge in [0.15, 0.2) is 0 Å². The minimum atomic E-state index is -0.352. The molecule has 0 radical (unpaired) electrons. The van der Waals surface area contributed by atoms with Crippen molar-refractivity contribution in [1.29, 1.82) is 0 Å². The predicted octanol–water partition coefficient (Wildman–Crippen LogP) is 3.93. The number of methoxy groups -OCH3 is 1. The third kappa shape index (κ3) is 3.93. The molecule has 0 N–H and O–H groups in total. The molecule has 1 aliphatic carbocycles. The Morgan fingerprint density at radius 3 is 2.68 bits per heavy atom. The lowest BCUT2D eigenvalue weighted by Gasteiger charge is -2.16. The van der Waals surface area contributed by atoms with Crippen molar-refractivity contribution >= 4 is 23.2 Å². The van der Waals surface area contributed by atoms with Crippen LogP contribution in [0.4, 0.5) is 0 Å². The maximum absolute atomic E-state index is 12.7. The van der Waals surface area contributed by atoms with Gasteiger partial charge in [0.25, 0.3) is 5.91 Å². The van der Waals surface area contributed by atoms with E-state index in [2.05, 4.69) is 13.0 Å². The number of carbonyl (C=O) groups excluding carboxylic acids is 2. The minimum absolute atomic E-state index is 0.0593. The zero-order valence-electron chi connectivity index (χ0n) is 14.9. The highest BCUT2D eigenvalue weighted by molar-refractivity contribution is 7.14. The molecule has 132 valence electrons. The zero-order valence-corrected chi connectivity index (χ0v) is 15.7. The van der Waals surface area contributed by atoms with Gasteiger partial charge in [-0.25, -0.2) is 4.79 Å². The molecule has 2 aromatic rings. The molecule has 0 spiro atoms. The Morgan fingerprint density at radius 2 is 2.00 bits per heavy atom. The van der Waals surface area contributed by atoms with E-state index in [4.69, 9.17) is 4.74 Å². The minimum Gasteiger partial charge on any atom is -0.465 e. The van der Waals surface area contributed by atoms with Crippen molar-refractivity contribution in [2.75, 3.05) is 14.2 Å². The Morgan fingerprint density at radius 1 is 1.28 bits per heavy atom. The Kier molecular flexibility index (Phi) is 5.23. The zero-order chi connectivity index (χ0) is 18.0. The van der Waals surface area contributed by atoms with Gasteiger partial charge in [0.05, 0.1) is 17.6 Å². The first-order valence-electron chi connectivity index (χ1n) is 8.52. The van der Waals surface area contributed by atoms with E-state index in [1.54, 1.807) is 28.4 Å². The molecule has 0 bridgehead atoms. The second-order valence-corrected chi connectivity index (χ2v) is 7.89. The summed E-state index contributed by atoms with van der Waals surface area (Å²) < 4.78 is 4.70. The number of aryl methyl sites for hydroxylation is 1. The van der Waals surface area contributed by atoms with Gasteiger partial charge in [-0.1, -0.05) is 19.1 Å². The number of esters is 1. The van der Waals surface area contributed by atoms with Crippen LogP contribution in [0.2, 0.25) is 0 Å². The van der Waals surface area contributed by atoms with E-state index in [-0.39, 0.29) is 11.9 Å². The van der Waals surface area contributed by atoms with Gasteiger partial charge in [-0.05, 0) is 54.5 Å². The first-order valence-corrected chi connectivity index (χ1v) is 9.34. The topological polar surface area (TPSA) is 46.6 Å². The van der Waals surface area contributed by atoms with E-state index in [0.29, 0.717) is 18.0 Å². The van der Waals surface area contributed by atoms with E-state index in [9.17, 15) is 9.59 Å². The number of amides is 1. The lowest BCUT2D eigenvalue weighted by atomic mass is 9.90. The monoisotopic (exact) mass is 357 g/mol. The Bertz CT molecular complexity index is 779. The van der Waals surface area contributed by atoms with Crippen LogP contribution in [0.5, 0.6) is 0 Å². The van der Waals surface area contributed by atoms with Crippen molar-refractivity contribution in [3.05, 3.63) is 56.8 Å². The smallest absolute Gasteiger partial charge is 0.337 e. The second kappa shape index (κ2) is 7.40. The Hall–Kier alpha value is -2.14. The fourth-order valence-corrected chi connectivity index (χ4v) is 4.41. The average Bonchev–Trinajstić information content (AvgIpc) is 3.04. The molecule has 1 amide bonds. The van der Waals surface area contributed by atoms with E-state index in [0.717, 1.165) is 23.3 Å². The first-order chi connectivity index (χ1) is 12.0. The lowest BCUT2D eigenvalue weighted by Crippen LogP contribution is -2.25. The van der Waals surface area contributed by atoms with Gasteiger partial charge >= 0.3 is 5.97 Å². The van der Waals surface area contributed by atoms with Crippen LogP contribution < -0.4 is 0 Å². The molecule has 4 nitrogen and oxygen atoms in total. The summed E-state index contributed by atoms with van der Waals surface area (Å²) in [6, 6.07) is 9.25. The molecular weight excluding hydrogens is 334 g/mol. The molecule has 0 saturated heterocycles. The summed E-state index contributed by atoms with van der Waals surface area (Å²) in [5.74, 6) is 0.412. The molecule has 1 atom stereocenters.